The molecule has 2 heterocycles. The minimum absolute atomic E-state index is 0.184. The Morgan fingerprint density at radius 1 is 1.41 bits per heavy atom. The van der Waals surface area contributed by atoms with Crippen LogP contribution in [0.5, 0.6) is 0 Å². The van der Waals surface area contributed by atoms with E-state index in [0.29, 0.717) is 5.82 Å². The predicted octanol–water partition coefficient (Wildman–Crippen LogP) is 3.89. The Balaban J connectivity index is 1.73. The van der Waals surface area contributed by atoms with Gasteiger partial charge in [-0.25, -0.2) is 14.2 Å². The molecule has 2 N–H and O–H groups in total. The molecule has 0 radical (unpaired) electrons. The van der Waals surface area contributed by atoms with Gasteiger partial charge < -0.3 is 5.32 Å². The van der Waals surface area contributed by atoms with Crippen LogP contribution in [0.25, 0.3) is 0 Å². The van der Waals surface area contributed by atoms with Crippen molar-refractivity contribution in [2.24, 2.45) is 0 Å². The molecular formula is C16H16FN3OS. The SMILES string of the molecule is Cc1cccnc1NC(=O)N[C@@H]1CCSc2ccc(F)cc21. The van der Waals surface area contributed by atoms with Crippen molar-refractivity contribution in [3.05, 3.63) is 53.5 Å². The lowest BCUT2D eigenvalue weighted by Crippen LogP contribution is -2.34. The Kier molecular flexibility index (Phi) is 4.29. The third kappa shape index (κ3) is 3.22. The van der Waals surface area contributed by atoms with Crippen molar-refractivity contribution in [1.82, 2.24) is 10.3 Å². The number of hydrogen-bond acceptors (Lipinski definition) is 3. The van der Waals surface area contributed by atoms with Gasteiger partial charge in [-0.3, -0.25) is 5.32 Å². The summed E-state index contributed by atoms with van der Waals surface area (Å²) in [7, 11) is 0. The maximum absolute atomic E-state index is 13.5. The van der Waals surface area contributed by atoms with Gasteiger partial charge in [-0.05, 0) is 48.7 Å². The Hall–Kier alpha value is -2.08. The summed E-state index contributed by atoms with van der Waals surface area (Å²) in [5.74, 6) is 1.14. The van der Waals surface area contributed by atoms with Crippen molar-refractivity contribution in [1.29, 1.82) is 0 Å². The van der Waals surface area contributed by atoms with Crippen molar-refractivity contribution >= 4 is 23.6 Å². The average Bonchev–Trinajstić information content (AvgIpc) is 2.50. The van der Waals surface area contributed by atoms with Gasteiger partial charge in [0.2, 0.25) is 0 Å². The maximum Gasteiger partial charge on any atom is 0.320 e. The molecule has 1 aromatic carbocycles. The fourth-order valence-electron chi connectivity index (χ4n) is 2.43. The molecule has 2 amide bonds. The van der Waals surface area contributed by atoms with Crippen LogP contribution in [0.15, 0.2) is 41.4 Å². The van der Waals surface area contributed by atoms with E-state index in [4.69, 9.17) is 0 Å². The summed E-state index contributed by atoms with van der Waals surface area (Å²) < 4.78 is 13.5. The average molecular weight is 317 g/mol. The zero-order valence-corrected chi connectivity index (χ0v) is 12.9. The summed E-state index contributed by atoms with van der Waals surface area (Å²) in [5.41, 5.74) is 1.73. The molecular weight excluding hydrogens is 301 g/mol. The van der Waals surface area contributed by atoms with Crippen molar-refractivity contribution in [3.63, 3.8) is 0 Å². The smallest absolute Gasteiger partial charge is 0.320 e. The Bertz CT molecular complexity index is 708. The molecule has 114 valence electrons. The molecule has 0 fully saturated rings. The van der Waals surface area contributed by atoms with Gasteiger partial charge in [-0.1, -0.05) is 6.07 Å². The largest absolute Gasteiger partial charge is 0.331 e. The van der Waals surface area contributed by atoms with Gasteiger partial charge in [-0.2, -0.15) is 0 Å². The number of fused-ring (bicyclic) bond motifs is 1. The number of aryl methyl sites for hydroxylation is 1. The predicted molar refractivity (Wildman–Crippen MR) is 85.6 cm³/mol. The summed E-state index contributed by atoms with van der Waals surface area (Å²) in [6.07, 6.45) is 2.40. The number of rotatable bonds is 2. The molecule has 1 aliphatic heterocycles. The van der Waals surface area contributed by atoms with Crippen LogP contribution in [0.3, 0.4) is 0 Å². The van der Waals surface area contributed by atoms with Gasteiger partial charge in [-0.15, -0.1) is 11.8 Å². The molecule has 0 spiro atoms. The van der Waals surface area contributed by atoms with Crippen LogP contribution in [-0.2, 0) is 0 Å². The van der Waals surface area contributed by atoms with Crippen molar-refractivity contribution in [2.75, 3.05) is 11.1 Å². The van der Waals surface area contributed by atoms with Crippen LogP contribution >= 0.6 is 11.8 Å². The lowest BCUT2D eigenvalue weighted by Gasteiger charge is -2.26. The number of urea groups is 1. The van der Waals surface area contributed by atoms with Crippen LogP contribution in [0.4, 0.5) is 15.0 Å². The van der Waals surface area contributed by atoms with Gasteiger partial charge in [0.25, 0.3) is 0 Å². The normalized spacial score (nSPS) is 16.7. The van der Waals surface area contributed by atoms with E-state index in [0.717, 1.165) is 28.2 Å². The molecule has 0 saturated carbocycles. The first-order chi connectivity index (χ1) is 10.6. The van der Waals surface area contributed by atoms with Crippen molar-refractivity contribution in [2.45, 2.75) is 24.3 Å². The first-order valence-corrected chi connectivity index (χ1v) is 8.03. The van der Waals surface area contributed by atoms with Crippen LogP contribution in [0.2, 0.25) is 0 Å². The van der Waals surface area contributed by atoms with Crippen LogP contribution in [-0.4, -0.2) is 16.8 Å². The van der Waals surface area contributed by atoms with Gasteiger partial charge >= 0.3 is 6.03 Å². The van der Waals surface area contributed by atoms with Crippen molar-refractivity contribution in [3.8, 4) is 0 Å². The molecule has 0 unspecified atom stereocenters. The molecule has 1 aromatic heterocycles. The minimum atomic E-state index is -0.325. The van der Waals surface area contributed by atoms with Crippen LogP contribution < -0.4 is 10.6 Å². The van der Waals surface area contributed by atoms with E-state index in [1.165, 1.54) is 12.1 Å². The molecule has 3 rings (SSSR count). The second kappa shape index (κ2) is 6.36. The first kappa shape index (κ1) is 14.8. The number of benzene rings is 1. The number of pyridine rings is 1. The fraction of sp³-hybridized carbons (Fsp3) is 0.250. The first-order valence-electron chi connectivity index (χ1n) is 7.05. The molecule has 2 aromatic rings. The van der Waals surface area contributed by atoms with E-state index in [9.17, 15) is 9.18 Å². The third-order valence-electron chi connectivity index (χ3n) is 3.56. The van der Waals surface area contributed by atoms with Gasteiger partial charge in [0.05, 0.1) is 6.04 Å². The van der Waals surface area contributed by atoms with Crippen LogP contribution in [0.1, 0.15) is 23.6 Å². The lowest BCUT2D eigenvalue weighted by molar-refractivity contribution is 0.248. The number of carbonyl (C=O) groups excluding carboxylic acids is 1. The second-order valence-electron chi connectivity index (χ2n) is 5.14. The van der Waals surface area contributed by atoms with Gasteiger partial charge in [0.1, 0.15) is 11.6 Å². The number of hydrogen-bond donors (Lipinski definition) is 2. The molecule has 22 heavy (non-hydrogen) atoms. The monoisotopic (exact) mass is 317 g/mol. The number of aromatic nitrogens is 1. The fourth-order valence-corrected chi connectivity index (χ4v) is 3.54. The minimum Gasteiger partial charge on any atom is -0.331 e. The summed E-state index contributed by atoms with van der Waals surface area (Å²) in [6, 6.07) is 7.90. The molecule has 0 saturated heterocycles. The highest BCUT2D eigenvalue weighted by Crippen LogP contribution is 2.36. The number of thioether (sulfide) groups is 1. The summed E-state index contributed by atoms with van der Waals surface area (Å²) >= 11 is 1.68. The number of amides is 2. The highest BCUT2D eigenvalue weighted by molar-refractivity contribution is 7.99. The zero-order chi connectivity index (χ0) is 15.5. The third-order valence-corrected chi connectivity index (χ3v) is 4.68. The Morgan fingerprint density at radius 3 is 3.09 bits per heavy atom. The molecule has 4 nitrogen and oxygen atoms in total. The number of nitrogens with zero attached hydrogens (tertiary/aromatic N) is 1. The van der Waals surface area contributed by atoms with E-state index in [1.807, 2.05) is 19.1 Å². The summed E-state index contributed by atoms with van der Waals surface area (Å²) in [6.45, 7) is 1.88. The van der Waals surface area contributed by atoms with E-state index in [1.54, 1.807) is 24.0 Å². The molecule has 6 heteroatoms. The standard InChI is InChI=1S/C16H16FN3OS/c1-10-3-2-7-18-15(10)20-16(21)19-13-6-8-22-14-5-4-11(17)9-12(13)14/h2-5,7,9,13H,6,8H2,1H3,(H2,18,19,20,21)/t13-/m1/s1. The van der Waals surface area contributed by atoms with Crippen LogP contribution in [0, 0.1) is 12.7 Å². The zero-order valence-electron chi connectivity index (χ0n) is 12.1. The summed E-state index contributed by atoms with van der Waals surface area (Å²) in [5, 5.41) is 5.65. The van der Waals surface area contributed by atoms with Gasteiger partial charge in [0, 0.05) is 16.8 Å². The Morgan fingerprint density at radius 2 is 2.27 bits per heavy atom. The van der Waals surface area contributed by atoms with Gasteiger partial charge in [0.15, 0.2) is 0 Å². The van der Waals surface area contributed by atoms with Crippen molar-refractivity contribution < 1.29 is 9.18 Å². The lowest BCUT2D eigenvalue weighted by atomic mass is 10.0. The maximum atomic E-state index is 13.5. The van der Waals surface area contributed by atoms with E-state index in [2.05, 4.69) is 15.6 Å². The quantitative estimate of drug-likeness (QED) is 0.883. The van der Waals surface area contributed by atoms with E-state index in [-0.39, 0.29) is 17.9 Å². The number of carbonyl (C=O) groups is 1. The molecule has 0 bridgehead atoms. The second-order valence-corrected chi connectivity index (χ2v) is 6.28. The molecule has 0 aliphatic carbocycles. The molecule has 1 aliphatic rings. The van der Waals surface area contributed by atoms with E-state index < -0.39 is 0 Å². The number of halogens is 1. The Labute approximate surface area is 132 Å². The molecule has 1 atom stereocenters. The number of anilines is 1. The highest BCUT2D eigenvalue weighted by Gasteiger charge is 2.23. The topological polar surface area (TPSA) is 54.0 Å². The highest BCUT2D eigenvalue weighted by atomic mass is 32.2. The number of nitrogens with one attached hydrogen (secondary N) is 2. The van der Waals surface area contributed by atoms with E-state index >= 15 is 0 Å². The summed E-state index contributed by atoms with van der Waals surface area (Å²) in [4.78, 5) is 17.3.